The molecule has 0 aromatic rings. The van der Waals surface area contributed by atoms with Crippen LogP contribution in [0.4, 0.5) is 0 Å². The number of fused-ring (bicyclic) bond motifs is 5. The van der Waals surface area contributed by atoms with Gasteiger partial charge in [0.15, 0.2) is 0 Å². The minimum atomic E-state index is -0.0639. The lowest BCUT2D eigenvalue weighted by molar-refractivity contribution is -0.131. The number of ether oxygens (including phenoxy) is 1. The van der Waals surface area contributed by atoms with E-state index in [0.717, 1.165) is 69.2 Å². The highest BCUT2D eigenvalue weighted by molar-refractivity contribution is 5.78. The van der Waals surface area contributed by atoms with E-state index in [2.05, 4.69) is 24.1 Å². The number of aliphatic hydroxyl groups is 1. The zero-order valence-electron chi connectivity index (χ0n) is 19.1. The van der Waals surface area contributed by atoms with Crippen molar-refractivity contribution in [2.24, 2.45) is 34.5 Å². The van der Waals surface area contributed by atoms with Gasteiger partial charge in [-0.15, -0.1) is 0 Å². The summed E-state index contributed by atoms with van der Waals surface area (Å²) in [6.07, 6.45) is 10.8. The van der Waals surface area contributed by atoms with Crippen LogP contribution in [0, 0.1) is 34.5 Å². The quantitative estimate of drug-likeness (QED) is 0.739. The summed E-state index contributed by atoms with van der Waals surface area (Å²) in [5, 5.41) is 13.7. The van der Waals surface area contributed by atoms with Crippen molar-refractivity contribution < 1.29 is 14.6 Å². The van der Waals surface area contributed by atoms with Gasteiger partial charge in [-0.05, 0) is 92.3 Å². The topological polar surface area (TPSA) is 61.8 Å². The second kappa shape index (κ2) is 8.04. The molecule has 0 unspecified atom stereocenters. The molecule has 0 aromatic carbocycles. The Balaban J connectivity index is 1.25. The van der Waals surface area contributed by atoms with E-state index in [4.69, 9.17) is 4.74 Å². The molecule has 4 aliphatic carbocycles. The first-order valence-corrected chi connectivity index (χ1v) is 12.7. The van der Waals surface area contributed by atoms with Gasteiger partial charge in [0.05, 0.1) is 25.9 Å². The van der Waals surface area contributed by atoms with Crippen LogP contribution in [0.3, 0.4) is 0 Å². The summed E-state index contributed by atoms with van der Waals surface area (Å²) in [5.74, 6) is 3.33. The van der Waals surface area contributed by atoms with Crippen molar-refractivity contribution in [1.29, 1.82) is 0 Å². The zero-order valence-corrected chi connectivity index (χ0v) is 19.1. The molecule has 1 amide bonds. The Hall–Kier alpha value is -0.650. The number of hydrogen-bond acceptors (Lipinski definition) is 4. The van der Waals surface area contributed by atoms with Gasteiger partial charge in [0.1, 0.15) is 0 Å². The van der Waals surface area contributed by atoms with Crippen LogP contribution in [0.2, 0.25) is 0 Å². The van der Waals surface area contributed by atoms with E-state index in [0.29, 0.717) is 18.0 Å². The smallest absolute Gasteiger partial charge is 0.234 e. The second-order valence-corrected chi connectivity index (χ2v) is 11.7. The van der Waals surface area contributed by atoms with Crippen molar-refractivity contribution in [3.63, 3.8) is 0 Å². The van der Waals surface area contributed by atoms with E-state index in [1.165, 1.54) is 38.5 Å². The zero-order chi connectivity index (χ0) is 20.9. The van der Waals surface area contributed by atoms with E-state index in [1.54, 1.807) is 0 Å². The van der Waals surface area contributed by atoms with Crippen LogP contribution in [0.1, 0.15) is 71.6 Å². The number of hydrogen-bond donors (Lipinski definition) is 2. The largest absolute Gasteiger partial charge is 0.393 e. The Bertz CT molecular complexity index is 650. The van der Waals surface area contributed by atoms with Crippen LogP contribution in [0.25, 0.3) is 0 Å². The van der Waals surface area contributed by atoms with Crippen LogP contribution in [-0.2, 0) is 9.53 Å². The number of aliphatic hydroxyl groups excluding tert-OH is 1. The molecule has 5 fully saturated rings. The molecule has 5 aliphatic rings. The fourth-order valence-corrected chi connectivity index (χ4v) is 8.67. The SMILES string of the molecule is C[C@]12CC[C@H]3[C@H](CC[C@H]4C[C@@H](O)CC[C@@]43C)[C@H]1CC[C@H]2NC(=O)CN1CCOCC1. The molecule has 8 atom stereocenters. The number of nitrogens with zero attached hydrogens (tertiary/aromatic N) is 1. The highest BCUT2D eigenvalue weighted by Crippen LogP contribution is 2.66. The molecule has 1 heterocycles. The number of morpholine rings is 1. The van der Waals surface area contributed by atoms with Crippen molar-refractivity contribution in [2.75, 3.05) is 32.8 Å². The van der Waals surface area contributed by atoms with Crippen LogP contribution in [0.15, 0.2) is 0 Å². The maximum atomic E-state index is 12.8. The summed E-state index contributed by atoms with van der Waals surface area (Å²) in [5.41, 5.74) is 0.695. The molecule has 4 saturated carbocycles. The van der Waals surface area contributed by atoms with Gasteiger partial charge in [0.2, 0.25) is 5.91 Å². The molecule has 5 heteroatoms. The van der Waals surface area contributed by atoms with Gasteiger partial charge in [-0.2, -0.15) is 0 Å². The first-order chi connectivity index (χ1) is 14.4. The van der Waals surface area contributed by atoms with Crippen molar-refractivity contribution in [3.05, 3.63) is 0 Å². The van der Waals surface area contributed by atoms with Gasteiger partial charge >= 0.3 is 0 Å². The first kappa shape index (κ1) is 21.2. The molecule has 2 N–H and O–H groups in total. The predicted octanol–water partition coefficient (Wildman–Crippen LogP) is 3.21. The third-order valence-electron chi connectivity index (χ3n) is 10.4. The molecule has 0 spiro atoms. The van der Waals surface area contributed by atoms with E-state index < -0.39 is 0 Å². The maximum absolute atomic E-state index is 12.8. The molecular formula is C25H42N2O3. The summed E-state index contributed by atoms with van der Waals surface area (Å²) in [6, 6.07) is 0.343. The van der Waals surface area contributed by atoms with Gasteiger partial charge in [-0.1, -0.05) is 13.8 Å². The number of carbonyl (C=O) groups excluding carboxylic acids is 1. The number of carbonyl (C=O) groups is 1. The lowest BCUT2D eigenvalue weighted by Gasteiger charge is -2.61. The van der Waals surface area contributed by atoms with Crippen LogP contribution in [-0.4, -0.2) is 60.9 Å². The van der Waals surface area contributed by atoms with Gasteiger partial charge in [0.25, 0.3) is 0 Å². The Morgan fingerprint density at radius 2 is 1.73 bits per heavy atom. The van der Waals surface area contributed by atoms with E-state index in [-0.39, 0.29) is 17.4 Å². The normalized spacial score (nSPS) is 49.0. The molecule has 5 nitrogen and oxygen atoms in total. The average molecular weight is 419 g/mol. The summed E-state index contributed by atoms with van der Waals surface area (Å²) < 4.78 is 5.42. The summed E-state index contributed by atoms with van der Waals surface area (Å²) >= 11 is 0. The minimum absolute atomic E-state index is 0.0639. The van der Waals surface area contributed by atoms with Crippen LogP contribution >= 0.6 is 0 Å². The van der Waals surface area contributed by atoms with Gasteiger partial charge in [-0.3, -0.25) is 9.69 Å². The predicted molar refractivity (Wildman–Crippen MR) is 117 cm³/mol. The molecule has 1 saturated heterocycles. The molecule has 170 valence electrons. The summed E-state index contributed by atoms with van der Waals surface area (Å²) in [6.45, 7) is 8.80. The molecule has 0 aromatic heterocycles. The molecule has 0 radical (unpaired) electrons. The average Bonchev–Trinajstić information content (AvgIpc) is 3.05. The standard InChI is InChI=1S/C25H42N2O3/c1-24-9-7-18(28)15-17(24)3-4-19-20-5-6-22(25(20,2)10-8-21(19)24)26-23(29)16-27-11-13-30-14-12-27/h17-22,28H,3-16H2,1-2H3,(H,26,29)/t17-,18-,19+,20+,21-,22+,24-,25-/m0/s1. The molecule has 30 heavy (non-hydrogen) atoms. The number of amides is 1. The van der Waals surface area contributed by atoms with Crippen molar-refractivity contribution >= 4 is 5.91 Å². The molecule has 0 bridgehead atoms. The number of nitrogens with one attached hydrogen (secondary N) is 1. The monoisotopic (exact) mass is 418 g/mol. The van der Waals surface area contributed by atoms with Gasteiger partial charge in [-0.25, -0.2) is 0 Å². The Kier molecular flexibility index (Phi) is 5.69. The summed E-state index contributed by atoms with van der Waals surface area (Å²) in [4.78, 5) is 15.0. The van der Waals surface area contributed by atoms with Crippen molar-refractivity contribution in [3.8, 4) is 0 Å². The van der Waals surface area contributed by atoms with Crippen LogP contribution in [0.5, 0.6) is 0 Å². The van der Waals surface area contributed by atoms with E-state index in [9.17, 15) is 9.90 Å². The molecule has 1 aliphatic heterocycles. The van der Waals surface area contributed by atoms with Crippen LogP contribution < -0.4 is 5.32 Å². The maximum Gasteiger partial charge on any atom is 0.234 e. The summed E-state index contributed by atoms with van der Waals surface area (Å²) in [7, 11) is 0. The first-order valence-electron chi connectivity index (χ1n) is 12.7. The Labute approximate surface area is 182 Å². The minimum Gasteiger partial charge on any atom is -0.393 e. The highest BCUT2D eigenvalue weighted by atomic mass is 16.5. The lowest BCUT2D eigenvalue weighted by Crippen LogP contribution is -2.56. The third-order valence-corrected chi connectivity index (χ3v) is 10.4. The Morgan fingerprint density at radius 1 is 1.00 bits per heavy atom. The third kappa shape index (κ3) is 3.53. The van der Waals surface area contributed by atoms with Crippen molar-refractivity contribution in [2.45, 2.75) is 83.8 Å². The van der Waals surface area contributed by atoms with E-state index in [1.807, 2.05) is 0 Å². The van der Waals surface area contributed by atoms with Gasteiger partial charge in [0, 0.05) is 19.1 Å². The number of rotatable bonds is 3. The molecular weight excluding hydrogens is 376 g/mol. The fourth-order valence-electron chi connectivity index (χ4n) is 8.67. The van der Waals surface area contributed by atoms with E-state index >= 15 is 0 Å². The fraction of sp³-hybridized carbons (Fsp3) is 0.960. The van der Waals surface area contributed by atoms with Gasteiger partial charge < -0.3 is 15.2 Å². The lowest BCUT2D eigenvalue weighted by atomic mass is 9.45. The Morgan fingerprint density at radius 3 is 2.53 bits per heavy atom. The second-order valence-electron chi connectivity index (χ2n) is 11.7. The molecule has 5 rings (SSSR count). The highest BCUT2D eigenvalue weighted by Gasteiger charge is 2.60. The van der Waals surface area contributed by atoms with Crippen molar-refractivity contribution in [1.82, 2.24) is 10.2 Å².